The monoisotopic (exact) mass is 721 g/mol. The van der Waals surface area contributed by atoms with Crippen LogP contribution in [0.2, 0.25) is 0 Å². The number of nitrogens with zero attached hydrogens (tertiary/aromatic N) is 1. The Kier molecular flexibility index (Phi) is 8.67. The first-order valence-electron chi connectivity index (χ1n) is 20.5. The number of hydrogen-bond donors (Lipinski definition) is 0. The normalized spacial score (nSPS) is 14.7. The van der Waals surface area contributed by atoms with Crippen molar-refractivity contribution in [2.24, 2.45) is 0 Å². The highest BCUT2D eigenvalue weighted by Gasteiger charge is 2.37. The van der Waals surface area contributed by atoms with E-state index in [1.165, 1.54) is 110 Å². The zero-order valence-electron chi connectivity index (χ0n) is 32.4. The Morgan fingerprint density at radius 3 is 1.62 bits per heavy atom. The number of rotatable bonds is 7. The molecular weight excluding hydrogens is 675 g/mol. The van der Waals surface area contributed by atoms with Gasteiger partial charge in [0.2, 0.25) is 0 Å². The molecule has 8 aromatic carbocycles. The number of hydrogen-bond acceptors (Lipinski definition) is 1. The van der Waals surface area contributed by atoms with E-state index >= 15 is 0 Å². The maximum absolute atomic E-state index is 2.56. The average molecular weight is 722 g/mol. The Labute approximate surface area is 331 Å². The maximum atomic E-state index is 2.56. The van der Waals surface area contributed by atoms with Crippen molar-refractivity contribution < 1.29 is 0 Å². The fourth-order valence-corrected chi connectivity index (χ4v) is 10.0. The molecule has 8 aromatic rings. The molecule has 56 heavy (non-hydrogen) atoms. The van der Waals surface area contributed by atoms with E-state index in [4.69, 9.17) is 0 Å². The lowest BCUT2D eigenvalue weighted by atomic mass is 9.80. The van der Waals surface area contributed by atoms with Gasteiger partial charge in [-0.3, -0.25) is 0 Å². The minimum atomic E-state index is -0.0898. The maximum Gasteiger partial charge on any atom is 0.0540 e. The van der Waals surface area contributed by atoms with Gasteiger partial charge in [-0.25, -0.2) is 0 Å². The Bertz CT molecular complexity index is 2710. The second-order valence-corrected chi connectivity index (χ2v) is 16.2. The summed E-state index contributed by atoms with van der Waals surface area (Å²) in [5.74, 6) is 0.587. The minimum absolute atomic E-state index is 0.0898. The summed E-state index contributed by atoms with van der Waals surface area (Å²) in [7, 11) is 0. The summed E-state index contributed by atoms with van der Waals surface area (Å²) >= 11 is 0. The molecule has 0 heterocycles. The van der Waals surface area contributed by atoms with Gasteiger partial charge in [0, 0.05) is 22.1 Å². The van der Waals surface area contributed by atoms with Crippen LogP contribution in [0.1, 0.15) is 68.6 Å². The van der Waals surface area contributed by atoms with Crippen LogP contribution in [0, 0.1) is 0 Å². The molecule has 1 saturated carbocycles. The summed E-state index contributed by atoms with van der Waals surface area (Å²) in [4.78, 5) is 2.56. The highest BCUT2D eigenvalue weighted by atomic mass is 15.1. The summed E-state index contributed by atoms with van der Waals surface area (Å²) < 4.78 is 0. The Morgan fingerprint density at radius 2 is 0.911 bits per heavy atom. The van der Waals surface area contributed by atoms with Crippen molar-refractivity contribution in [2.45, 2.75) is 57.3 Å². The van der Waals surface area contributed by atoms with Crippen LogP contribution >= 0.6 is 0 Å². The summed E-state index contributed by atoms with van der Waals surface area (Å²) in [6.45, 7) is 4.75. The molecule has 2 aliphatic carbocycles. The fraction of sp³-hybridized carbons (Fsp3) is 0.164. The predicted molar refractivity (Wildman–Crippen MR) is 238 cm³/mol. The van der Waals surface area contributed by atoms with Crippen LogP contribution in [0.4, 0.5) is 17.1 Å². The third kappa shape index (κ3) is 5.68. The van der Waals surface area contributed by atoms with Crippen LogP contribution < -0.4 is 4.90 Å². The van der Waals surface area contributed by atoms with Crippen molar-refractivity contribution in [1.29, 1.82) is 0 Å². The van der Waals surface area contributed by atoms with Gasteiger partial charge in [0.05, 0.1) is 17.1 Å². The molecule has 2 aliphatic rings. The van der Waals surface area contributed by atoms with E-state index in [1.807, 2.05) is 0 Å². The molecule has 1 nitrogen and oxygen atoms in total. The van der Waals surface area contributed by atoms with Gasteiger partial charge in [-0.2, -0.15) is 0 Å². The molecule has 0 bridgehead atoms. The van der Waals surface area contributed by atoms with E-state index in [0.29, 0.717) is 5.92 Å². The molecule has 1 fully saturated rings. The molecule has 0 unspecified atom stereocenters. The summed E-state index contributed by atoms with van der Waals surface area (Å²) in [5.41, 5.74) is 17.8. The summed E-state index contributed by atoms with van der Waals surface area (Å²) in [6.07, 6.45) is 6.50. The minimum Gasteiger partial charge on any atom is -0.309 e. The van der Waals surface area contributed by atoms with Crippen molar-refractivity contribution >= 4 is 27.8 Å². The lowest BCUT2D eigenvalue weighted by Gasteiger charge is -2.32. The molecule has 0 aromatic heterocycles. The quantitative estimate of drug-likeness (QED) is 0.158. The average Bonchev–Trinajstić information content (AvgIpc) is 3.50. The van der Waals surface area contributed by atoms with Gasteiger partial charge in [-0.05, 0) is 92.2 Å². The van der Waals surface area contributed by atoms with Gasteiger partial charge in [-0.15, -0.1) is 0 Å². The molecule has 0 radical (unpaired) electrons. The van der Waals surface area contributed by atoms with Crippen molar-refractivity contribution in [1.82, 2.24) is 0 Å². The molecule has 0 saturated heterocycles. The van der Waals surface area contributed by atoms with Gasteiger partial charge < -0.3 is 4.90 Å². The largest absolute Gasteiger partial charge is 0.309 e. The first kappa shape index (κ1) is 34.3. The zero-order valence-corrected chi connectivity index (χ0v) is 32.4. The van der Waals surface area contributed by atoms with E-state index in [0.717, 1.165) is 11.4 Å². The lowest BCUT2D eigenvalue weighted by Crippen LogP contribution is -2.15. The van der Waals surface area contributed by atoms with Gasteiger partial charge in [0.25, 0.3) is 0 Å². The number of fused-ring (bicyclic) bond motifs is 4. The smallest absolute Gasteiger partial charge is 0.0540 e. The fourth-order valence-electron chi connectivity index (χ4n) is 10.0. The van der Waals surface area contributed by atoms with Crippen molar-refractivity contribution in [3.63, 3.8) is 0 Å². The SMILES string of the molecule is CC1(C)c2ccccc2-c2c(-c3ccccc3N(c3ccccc3-c3ccccc3)c3ccccc3-c3cccc4cccc(C5CCCCC5)c34)cccc21. The van der Waals surface area contributed by atoms with Gasteiger partial charge in [0.1, 0.15) is 0 Å². The molecule has 272 valence electrons. The van der Waals surface area contributed by atoms with Crippen LogP contribution in [0.15, 0.2) is 182 Å². The van der Waals surface area contributed by atoms with E-state index in [1.54, 1.807) is 0 Å². The van der Waals surface area contributed by atoms with Crippen molar-refractivity contribution in [3.8, 4) is 44.5 Å². The van der Waals surface area contributed by atoms with E-state index in [2.05, 4.69) is 201 Å². The standard InChI is InChI=1S/C55H47N/c1-55(2)48-33-13-9-29-47(48)54-46(32-19-34-49(54)55)44-28-12-16-37-52(44)56(50-35-14-10-26-41(50)38-20-5-3-6-21-38)51-36-15-11-27-43(51)45-31-18-25-40-24-17-30-42(53(40)45)39-22-7-4-8-23-39/h3,5-6,9-21,24-37,39H,4,7-8,22-23H2,1-2H3. The predicted octanol–water partition coefficient (Wildman–Crippen LogP) is 15.7. The molecule has 0 aliphatic heterocycles. The van der Waals surface area contributed by atoms with Crippen molar-refractivity contribution in [2.75, 3.05) is 4.90 Å². The highest BCUT2D eigenvalue weighted by molar-refractivity contribution is 6.06. The summed E-state index contributed by atoms with van der Waals surface area (Å²) in [6, 6.07) is 67.9. The first-order valence-corrected chi connectivity index (χ1v) is 20.5. The Balaban J connectivity index is 1.26. The van der Waals surface area contributed by atoms with Crippen LogP contribution in [0.3, 0.4) is 0 Å². The lowest BCUT2D eigenvalue weighted by molar-refractivity contribution is 0.445. The van der Waals surface area contributed by atoms with Gasteiger partial charge in [-0.1, -0.05) is 197 Å². The van der Waals surface area contributed by atoms with Gasteiger partial charge in [0.15, 0.2) is 0 Å². The summed E-state index contributed by atoms with van der Waals surface area (Å²) in [5, 5.41) is 2.72. The number of para-hydroxylation sites is 3. The molecule has 0 spiro atoms. The van der Waals surface area contributed by atoms with E-state index in [-0.39, 0.29) is 5.41 Å². The van der Waals surface area contributed by atoms with E-state index in [9.17, 15) is 0 Å². The zero-order chi connectivity index (χ0) is 37.6. The third-order valence-corrected chi connectivity index (χ3v) is 12.7. The van der Waals surface area contributed by atoms with Crippen LogP contribution in [-0.2, 0) is 5.41 Å². The second-order valence-electron chi connectivity index (χ2n) is 16.2. The Morgan fingerprint density at radius 1 is 0.411 bits per heavy atom. The number of anilines is 3. The van der Waals surface area contributed by atoms with E-state index < -0.39 is 0 Å². The molecular formula is C55H47N. The number of benzene rings is 8. The van der Waals surface area contributed by atoms with Crippen LogP contribution in [0.5, 0.6) is 0 Å². The molecule has 10 rings (SSSR count). The van der Waals surface area contributed by atoms with Crippen LogP contribution in [-0.4, -0.2) is 0 Å². The van der Waals surface area contributed by atoms with Crippen molar-refractivity contribution in [3.05, 3.63) is 199 Å². The molecule has 0 amide bonds. The molecule has 1 heteroatoms. The first-order chi connectivity index (χ1) is 27.6. The Hall–Kier alpha value is -6.18. The third-order valence-electron chi connectivity index (χ3n) is 12.7. The second kappa shape index (κ2) is 14.2. The van der Waals surface area contributed by atoms with Crippen LogP contribution in [0.25, 0.3) is 55.3 Å². The highest BCUT2D eigenvalue weighted by Crippen LogP contribution is 2.55. The molecule has 0 atom stereocenters. The van der Waals surface area contributed by atoms with Gasteiger partial charge >= 0.3 is 0 Å². The topological polar surface area (TPSA) is 3.24 Å². The molecule has 0 N–H and O–H groups in total.